The summed E-state index contributed by atoms with van der Waals surface area (Å²) in [6, 6.07) is 11.4. The van der Waals surface area contributed by atoms with Crippen molar-refractivity contribution < 1.29 is 18.3 Å². The van der Waals surface area contributed by atoms with Gasteiger partial charge in [0.1, 0.15) is 5.75 Å². The molecule has 0 bridgehead atoms. The highest BCUT2D eigenvalue weighted by atomic mass is 32.2. The number of hydrogen-bond donors (Lipinski definition) is 1. The molecule has 0 amide bonds. The number of phenolic OH excluding ortho intramolecular Hbond substituents is 1. The van der Waals surface area contributed by atoms with Crippen molar-refractivity contribution in [2.24, 2.45) is 0 Å². The maximum atomic E-state index is 12.7. The van der Waals surface area contributed by atoms with Crippen molar-refractivity contribution in [3.63, 3.8) is 0 Å². The van der Waals surface area contributed by atoms with Crippen LogP contribution in [-0.4, -0.2) is 25.3 Å². The second-order valence-corrected chi connectivity index (χ2v) is 5.82. The van der Waals surface area contributed by atoms with Crippen molar-refractivity contribution in [3.8, 4) is 11.4 Å². The molecule has 2 aromatic carbocycles. The van der Waals surface area contributed by atoms with Crippen LogP contribution >= 0.6 is 11.8 Å². The summed E-state index contributed by atoms with van der Waals surface area (Å²) in [4.78, 5) is 0. The minimum atomic E-state index is -4.37. The molecule has 1 N–H and O–H groups in total. The molecule has 24 heavy (non-hydrogen) atoms. The maximum Gasteiger partial charge on any atom is 0.416 e. The fourth-order valence-electron chi connectivity index (χ4n) is 2.01. The Labute approximate surface area is 139 Å². The smallest absolute Gasteiger partial charge is 0.416 e. The predicted octanol–water partition coefficient (Wildman–Crippen LogP) is 3.68. The van der Waals surface area contributed by atoms with E-state index >= 15 is 0 Å². The number of thioether (sulfide) groups is 1. The van der Waals surface area contributed by atoms with Gasteiger partial charge in [-0.3, -0.25) is 0 Å². The van der Waals surface area contributed by atoms with Crippen molar-refractivity contribution in [1.82, 2.24) is 20.2 Å². The molecule has 0 saturated carbocycles. The van der Waals surface area contributed by atoms with Gasteiger partial charge in [-0.05, 0) is 46.3 Å². The van der Waals surface area contributed by atoms with Crippen molar-refractivity contribution in [2.45, 2.75) is 17.1 Å². The lowest BCUT2D eigenvalue weighted by Gasteiger charge is -2.08. The van der Waals surface area contributed by atoms with Gasteiger partial charge in [0.2, 0.25) is 5.16 Å². The summed E-state index contributed by atoms with van der Waals surface area (Å²) in [5.41, 5.74) is 0.484. The van der Waals surface area contributed by atoms with E-state index in [2.05, 4.69) is 15.5 Å². The summed E-state index contributed by atoms with van der Waals surface area (Å²) >= 11 is 1.22. The highest BCUT2D eigenvalue weighted by Crippen LogP contribution is 2.31. The van der Waals surface area contributed by atoms with Gasteiger partial charge in [0.05, 0.1) is 11.3 Å². The molecule has 0 aliphatic carbocycles. The Hall–Kier alpha value is -2.55. The normalized spacial score (nSPS) is 11.6. The van der Waals surface area contributed by atoms with Crippen molar-refractivity contribution in [2.75, 3.05) is 0 Å². The van der Waals surface area contributed by atoms with Crippen molar-refractivity contribution in [1.29, 1.82) is 0 Å². The lowest BCUT2D eigenvalue weighted by molar-refractivity contribution is -0.137. The van der Waals surface area contributed by atoms with E-state index < -0.39 is 11.7 Å². The zero-order valence-electron chi connectivity index (χ0n) is 12.1. The summed E-state index contributed by atoms with van der Waals surface area (Å²) in [6.07, 6.45) is -4.37. The molecule has 9 heteroatoms. The quantitative estimate of drug-likeness (QED) is 0.726. The van der Waals surface area contributed by atoms with E-state index in [0.717, 1.165) is 12.1 Å². The fourth-order valence-corrected chi connectivity index (χ4v) is 2.84. The number of aromatic nitrogens is 4. The molecule has 0 spiro atoms. The van der Waals surface area contributed by atoms with E-state index in [1.54, 1.807) is 18.2 Å². The monoisotopic (exact) mass is 352 g/mol. The van der Waals surface area contributed by atoms with Crippen molar-refractivity contribution >= 4 is 11.8 Å². The van der Waals surface area contributed by atoms with Crippen LogP contribution in [0.15, 0.2) is 53.7 Å². The largest absolute Gasteiger partial charge is 0.508 e. The number of tetrazole rings is 1. The van der Waals surface area contributed by atoms with E-state index in [1.807, 2.05) is 0 Å². The third-order valence-corrected chi connectivity index (χ3v) is 4.15. The molecule has 3 rings (SSSR count). The van der Waals surface area contributed by atoms with E-state index in [9.17, 15) is 18.3 Å². The molecule has 1 aromatic heterocycles. The molecule has 124 valence electrons. The first-order valence-corrected chi connectivity index (χ1v) is 7.79. The molecule has 0 aliphatic heterocycles. The summed E-state index contributed by atoms with van der Waals surface area (Å²) < 4.78 is 39.7. The zero-order chi connectivity index (χ0) is 17.2. The number of phenols is 1. The Morgan fingerprint density at radius 3 is 2.54 bits per heavy atom. The van der Waals surface area contributed by atoms with Crippen LogP contribution in [0.5, 0.6) is 5.75 Å². The van der Waals surface area contributed by atoms with Crippen LogP contribution in [-0.2, 0) is 11.9 Å². The molecular weight excluding hydrogens is 341 g/mol. The van der Waals surface area contributed by atoms with Gasteiger partial charge < -0.3 is 5.11 Å². The number of aromatic hydroxyl groups is 1. The minimum Gasteiger partial charge on any atom is -0.508 e. The molecule has 1 heterocycles. The average Bonchev–Trinajstić information content (AvgIpc) is 3.02. The maximum absolute atomic E-state index is 12.7. The molecule has 0 unspecified atom stereocenters. The van der Waals surface area contributed by atoms with Gasteiger partial charge in [0.25, 0.3) is 0 Å². The third-order valence-electron chi connectivity index (χ3n) is 3.16. The number of rotatable bonds is 4. The summed E-state index contributed by atoms with van der Waals surface area (Å²) in [7, 11) is 0. The van der Waals surface area contributed by atoms with Gasteiger partial charge in [0.15, 0.2) is 0 Å². The average molecular weight is 352 g/mol. The highest BCUT2D eigenvalue weighted by Gasteiger charge is 2.30. The number of alkyl halides is 3. The van der Waals surface area contributed by atoms with E-state index in [0.29, 0.717) is 22.2 Å². The van der Waals surface area contributed by atoms with Crippen LogP contribution in [0.4, 0.5) is 13.2 Å². The van der Waals surface area contributed by atoms with Gasteiger partial charge in [0, 0.05) is 5.75 Å². The standard InChI is InChI=1S/C15H11F3N4OS/c16-15(17,18)11-3-1-2-10(8-11)9-24-14-19-20-21-22(14)12-4-6-13(23)7-5-12/h1-8,23H,9H2. The van der Waals surface area contributed by atoms with E-state index in [1.165, 1.54) is 34.6 Å². The van der Waals surface area contributed by atoms with Gasteiger partial charge in [-0.25, -0.2) is 0 Å². The van der Waals surface area contributed by atoms with Crippen molar-refractivity contribution in [3.05, 3.63) is 59.7 Å². The molecule has 0 fully saturated rings. The number of benzene rings is 2. The number of hydrogen-bond acceptors (Lipinski definition) is 5. The van der Waals surface area contributed by atoms with Gasteiger partial charge in [-0.1, -0.05) is 30.0 Å². The van der Waals surface area contributed by atoms with E-state index in [4.69, 9.17) is 0 Å². The molecule has 0 aliphatic rings. The summed E-state index contributed by atoms with van der Waals surface area (Å²) in [5.74, 6) is 0.410. The van der Waals surface area contributed by atoms with Gasteiger partial charge in [-0.15, -0.1) is 5.10 Å². The molecular formula is C15H11F3N4OS. The lowest BCUT2D eigenvalue weighted by Crippen LogP contribution is -2.05. The molecule has 0 atom stereocenters. The first-order chi connectivity index (χ1) is 11.4. The molecule has 0 radical (unpaired) electrons. The Bertz CT molecular complexity index is 833. The lowest BCUT2D eigenvalue weighted by atomic mass is 10.1. The Kier molecular flexibility index (Phi) is 4.43. The molecule has 5 nitrogen and oxygen atoms in total. The van der Waals surface area contributed by atoms with Crippen LogP contribution in [0, 0.1) is 0 Å². The van der Waals surface area contributed by atoms with Gasteiger partial charge >= 0.3 is 6.18 Å². The SMILES string of the molecule is Oc1ccc(-n2nnnc2SCc2cccc(C(F)(F)F)c2)cc1. The van der Waals surface area contributed by atoms with Crippen LogP contribution in [0.3, 0.4) is 0 Å². The summed E-state index contributed by atoms with van der Waals surface area (Å²) in [6.45, 7) is 0. The minimum absolute atomic E-state index is 0.116. The first-order valence-electron chi connectivity index (χ1n) is 6.80. The van der Waals surface area contributed by atoms with Crippen LogP contribution in [0.1, 0.15) is 11.1 Å². The van der Waals surface area contributed by atoms with E-state index in [-0.39, 0.29) is 5.75 Å². The fraction of sp³-hybridized carbons (Fsp3) is 0.133. The molecule has 3 aromatic rings. The second-order valence-electron chi connectivity index (χ2n) is 4.88. The topological polar surface area (TPSA) is 63.8 Å². The predicted molar refractivity (Wildman–Crippen MR) is 81.8 cm³/mol. The zero-order valence-corrected chi connectivity index (χ0v) is 12.9. The third kappa shape index (κ3) is 3.67. The molecule has 0 saturated heterocycles. The Morgan fingerprint density at radius 2 is 1.83 bits per heavy atom. The number of nitrogens with zero attached hydrogens (tertiary/aromatic N) is 4. The van der Waals surface area contributed by atoms with Gasteiger partial charge in [-0.2, -0.15) is 17.9 Å². The van der Waals surface area contributed by atoms with Crippen LogP contribution < -0.4 is 0 Å². The van der Waals surface area contributed by atoms with Crippen LogP contribution in [0.25, 0.3) is 5.69 Å². The first kappa shape index (κ1) is 16.3. The Balaban J connectivity index is 1.77. The number of halogens is 3. The Morgan fingerprint density at radius 1 is 1.08 bits per heavy atom. The second kappa shape index (κ2) is 6.52. The summed E-state index contributed by atoms with van der Waals surface area (Å²) in [5, 5.41) is 21.1. The van der Waals surface area contributed by atoms with Crippen LogP contribution in [0.2, 0.25) is 0 Å². The highest BCUT2D eigenvalue weighted by molar-refractivity contribution is 7.98.